The van der Waals surface area contributed by atoms with Gasteiger partial charge in [0.1, 0.15) is 5.60 Å². The fraction of sp³-hybridized carbons (Fsp3) is 0.406. The van der Waals surface area contributed by atoms with Gasteiger partial charge in [0.25, 0.3) is 14.2 Å². The second-order valence-corrected chi connectivity index (χ2v) is 15.8. The number of hydrogen-bond acceptors (Lipinski definition) is 4. The van der Waals surface area contributed by atoms with Crippen LogP contribution in [0.25, 0.3) is 0 Å². The van der Waals surface area contributed by atoms with E-state index >= 15 is 0 Å². The second-order valence-electron chi connectivity index (χ2n) is 11.6. The normalized spacial score (nSPS) is 21.4. The number of amides is 1. The molecule has 0 bridgehead atoms. The first kappa shape index (κ1) is 28.2. The number of carbonyl (C=O) groups is 1. The summed E-state index contributed by atoms with van der Waals surface area (Å²) in [4.78, 5) is 15.7. The fourth-order valence-corrected chi connectivity index (χ4v) is 10.5. The first-order valence-corrected chi connectivity index (χ1v) is 15.4. The highest BCUT2D eigenvalue weighted by atomic mass is 28.4. The number of aliphatic hydroxyl groups is 1. The molecule has 3 unspecified atom stereocenters. The summed E-state index contributed by atoms with van der Waals surface area (Å²) in [7, 11) is -2.77. The number of hydrogen-bond donors (Lipinski definition) is 1. The molecule has 38 heavy (non-hydrogen) atoms. The number of nitrogens with zero attached hydrogens (tertiary/aromatic N) is 1. The van der Waals surface area contributed by atoms with Crippen LogP contribution in [0, 0.1) is 0 Å². The van der Waals surface area contributed by atoms with E-state index in [4.69, 9.17) is 9.16 Å². The van der Waals surface area contributed by atoms with Crippen LogP contribution in [0.3, 0.4) is 0 Å². The highest BCUT2D eigenvalue weighted by Gasteiger charge is 2.53. The van der Waals surface area contributed by atoms with Crippen molar-refractivity contribution < 1.29 is 19.1 Å². The SMILES string of the molecule is CC(CC1(C)OCC(CO)N(Cc2ccccc2)C1=O)O[Si](c1ccccc1)(c1ccccc1)C(C)(C)C. The summed E-state index contributed by atoms with van der Waals surface area (Å²) < 4.78 is 13.5. The van der Waals surface area contributed by atoms with Crippen LogP contribution < -0.4 is 10.4 Å². The van der Waals surface area contributed by atoms with Crippen LogP contribution in [0.5, 0.6) is 0 Å². The molecule has 0 radical (unpaired) electrons. The van der Waals surface area contributed by atoms with Gasteiger partial charge in [-0.3, -0.25) is 4.79 Å². The van der Waals surface area contributed by atoms with E-state index in [9.17, 15) is 9.90 Å². The maximum absolute atomic E-state index is 13.9. The summed E-state index contributed by atoms with van der Waals surface area (Å²) >= 11 is 0. The molecule has 6 heteroatoms. The lowest BCUT2D eigenvalue weighted by Crippen LogP contribution is -2.68. The minimum atomic E-state index is -2.77. The summed E-state index contributed by atoms with van der Waals surface area (Å²) in [5.41, 5.74) is -0.0224. The van der Waals surface area contributed by atoms with E-state index in [2.05, 4.69) is 76.2 Å². The molecule has 3 aromatic rings. The Balaban J connectivity index is 1.65. The lowest BCUT2D eigenvalue weighted by Gasteiger charge is -2.47. The molecule has 1 saturated heterocycles. The van der Waals surface area contributed by atoms with Crippen molar-refractivity contribution in [3.05, 3.63) is 96.6 Å². The number of rotatable bonds is 9. The molecule has 4 rings (SSSR count). The quantitative estimate of drug-likeness (QED) is 0.413. The van der Waals surface area contributed by atoms with Crippen molar-refractivity contribution in [2.75, 3.05) is 13.2 Å². The second kappa shape index (κ2) is 11.5. The molecule has 202 valence electrons. The van der Waals surface area contributed by atoms with Crippen molar-refractivity contribution in [2.24, 2.45) is 0 Å². The van der Waals surface area contributed by atoms with Crippen LogP contribution in [0.1, 0.15) is 46.6 Å². The Kier molecular flexibility index (Phi) is 8.57. The maximum atomic E-state index is 13.9. The van der Waals surface area contributed by atoms with Gasteiger partial charge >= 0.3 is 0 Å². The Morgan fingerprint density at radius 1 is 0.974 bits per heavy atom. The Hall–Kier alpha value is -2.77. The van der Waals surface area contributed by atoms with E-state index in [1.54, 1.807) is 4.90 Å². The van der Waals surface area contributed by atoms with Gasteiger partial charge in [0.2, 0.25) is 0 Å². The molecule has 3 atom stereocenters. The lowest BCUT2D eigenvalue weighted by atomic mass is 9.93. The maximum Gasteiger partial charge on any atom is 0.261 e. The third kappa shape index (κ3) is 5.64. The molecule has 1 fully saturated rings. The predicted molar refractivity (Wildman–Crippen MR) is 155 cm³/mol. The zero-order chi connectivity index (χ0) is 27.4. The number of ether oxygens (including phenoxy) is 1. The highest BCUT2D eigenvalue weighted by molar-refractivity contribution is 6.99. The first-order valence-electron chi connectivity index (χ1n) is 13.5. The number of aliphatic hydroxyl groups excluding tert-OH is 1. The number of carbonyl (C=O) groups excluding carboxylic acids is 1. The summed E-state index contributed by atoms with van der Waals surface area (Å²) in [6.07, 6.45) is 0.166. The molecule has 3 aromatic carbocycles. The summed E-state index contributed by atoms with van der Waals surface area (Å²) in [5, 5.41) is 12.3. The number of benzene rings is 3. The van der Waals surface area contributed by atoms with Gasteiger partial charge in [0.05, 0.1) is 19.3 Å². The molecule has 0 aliphatic carbocycles. The van der Waals surface area contributed by atoms with Crippen molar-refractivity contribution in [3.8, 4) is 0 Å². The van der Waals surface area contributed by atoms with Crippen molar-refractivity contribution >= 4 is 24.6 Å². The van der Waals surface area contributed by atoms with Gasteiger partial charge < -0.3 is 19.2 Å². The van der Waals surface area contributed by atoms with Crippen molar-refractivity contribution in [1.82, 2.24) is 4.90 Å². The van der Waals surface area contributed by atoms with E-state index in [1.165, 1.54) is 10.4 Å². The van der Waals surface area contributed by atoms with Crippen molar-refractivity contribution in [3.63, 3.8) is 0 Å². The van der Waals surface area contributed by atoms with Crippen LogP contribution in [-0.4, -0.2) is 55.2 Å². The van der Waals surface area contributed by atoms with Crippen LogP contribution >= 0.6 is 0 Å². The molecule has 1 aliphatic rings. The van der Waals surface area contributed by atoms with Gasteiger partial charge in [-0.15, -0.1) is 0 Å². The fourth-order valence-electron chi connectivity index (χ4n) is 5.76. The molecule has 0 spiro atoms. The predicted octanol–water partition coefficient (Wildman–Crippen LogP) is 4.52. The van der Waals surface area contributed by atoms with Gasteiger partial charge in [-0.05, 0) is 34.8 Å². The third-order valence-electron chi connectivity index (χ3n) is 7.63. The van der Waals surface area contributed by atoms with E-state index in [1.807, 2.05) is 49.4 Å². The molecule has 0 aromatic heterocycles. The molecule has 1 amide bonds. The van der Waals surface area contributed by atoms with Crippen molar-refractivity contribution in [2.45, 2.75) is 70.4 Å². The van der Waals surface area contributed by atoms with Crippen molar-refractivity contribution in [1.29, 1.82) is 0 Å². The van der Waals surface area contributed by atoms with Gasteiger partial charge in [0, 0.05) is 19.1 Å². The topological polar surface area (TPSA) is 59.0 Å². The Morgan fingerprint density at radius 2 is 1.47 bits per heavy atom. The molecule has 1 heterocycles. The minimum Gasteiger partial charge on any atom is -0.405 e. The van der Waals surface area contributed by atoms with Crippen LogP contribution in [0.2, 0.25) is 5.04 Å². The molecule has 5 nitrogen and oxygen atoms in total. The van der Waals surface area contributed by atoms with E-state index in [-0.39, 0.29) is 36.3 Å². The Morgan fingerprint density at radius 3 is 1.95 bits per heavy atom. The van der Waals surface area contributed by atoms with E-state index in [0.717, 1.165) is 5.56 Å². The van der Waals surface area contributed by atoms with E-state index in [0.29, 0.717) is 13.0 Å². The average Bonchev–Trinajstić information content (AvgIpc) is 2.91. The zero-order valence-electron chi connectivity index (χ0n) is 23.3. The Bertz CT molecular complexity index is 1140. The zero-order valence-corrected chi connectivity index (χ0v) is 24.3. The third-order valence-corrected chi connectivity index (χ3v) is 12.8. The highest BCUT2D eigenvalue weighted by Crippen LogP contribution is 2.39. The summed E-state index contributed by atoms with van der Waals surface area (Å²) in [6.45, 7) is 11.3. The van der Waals surface area contributed by atoms with E-state index < -0.39 is 13.9 Å². The van der Waals surface area contributed by atoms with Crippen LogP contribution in [0.15, 0.2) is 91.0 Å². The van der Waals surface area contributed by atoms with Gasteiger partial charge in [0.15, 0.2) is 0 Å². The average molecular weight is 532 g/mol. The van der Waals surface area contributed by atoms with Gasteiger partial charge in [-0.25, -0.2) is 0 Å². The summed E-state index contributed by atoms with van der Waals surface area (Å²) in [5.74, 6) is -0.107. The molecule has 1 N–H and O–H groups in total. The largest absolute Gasteiger partial charge is 0.405 e. The summed E-state index contributed by atoms with van der Waals surface area (Å²) in [6, 6.07) is 30.6. The van der Waals surface area contributed by atoms with Crippen LogP contribution in [0.4, 0.5) is 0 Å². The number of morpholine rings is 1. The molecule has 1 aliphatic heterocycles. The molecular weight excluding hydrogens is 490 g/mol. The molecular formula is C32H41NO4Si. The molecule has 0 saturated carbocycles. The van der Waals surface area contributed by atoms with Gasteiger partial charge in [-0.1, -0.05) is 112 Å². The Labute approximate surface area is 228 Å². The smallest absolute Gasteiger partial charge is 0.261 e. The first-order chi connectivity index (χ1) is 18.1. The monoisotopic (exact) mass is 531 g/mol. The van der Waals surface area contributed by atoms with Gasteiger partial charge in [-0.2, -0.15) is 0 Å². The standard InChI is InChI=1S/C32H41NO4Si/c1-25(21-32(5)30(35)33(27(23-34)24-36-32)22-26-15-9-6-10-16-26)37-38(31(2,3)4,28-17-11-7-12-18-28)29-19-13-8-14-20-29/h6-20,25,27,34H,21-24H2,1-5H3. The van der Waals surface area contributed by atoms with Crippen LogP contribution in [-0.2, 0) is 20.5 Å². The minimum absolute atomic E-state index is 0.107. The lowest BCUT2D eigenvalue weighted by molar-refractivity contribution is -0.184.